The lowest BCUT2D eigenvalue weighted by Gasteiger charge is -2.33. The molecule has 1 aromatic carbocycles. The fraction of sp³-hybridized carbons (Fsp3) is 0.421. The fourth-order valence-electron chi connectivity index (χ4n) is 2.83. The van der Waals surface area contributed by atoms with E-state index in [0.29, 0.717) is 32.7 Å². The van der Waals surface area contributed by atoms with Gasteiger partial charge in [-0.2, -0.15) is 0 Å². The van der Waals surface area contributed by atoms with Crippen LogP contribution < -0.4 is 4.74 Å². The zero-order valence-corrected chi connectivity index (χ0v) is 14.2. The van der Waals surface area contributed by atoms with E-state index in [1.54, 1.807) is 12.5 Å². The average Bonchev–Trinajstić information content (AvgIpc) is 2.68. The molecule has 1 saturated heterocycles. The second kappa shape index (κ2) is 9.13. The summed E-state index contributed by atoms with van der Waals surface area (Å²) in [6.07, 6.45) is 5.41. The van der Waals surface area contributed by atoms with Gasteiger partial charge in [0.1, 0.15) is 12.1 Å². The number of morpholine rings is 1. The predicted octanol–water partition coefficient (Wildman–Crippen LogP) is 2.11. The molecule has 1 atom stereocenters. The van der Waals surface area contributed by atoms with E-state index < -0.39 is 0 Å². The van der Waals surface area contributed by atoms with E-state index in [1.165, 1.54) is 0 Å². The molecule has 1 aliphatic rings. The molecular formula is C19H23N3O3. The lowest BCUT2D eigenvalue weighted by molar-refractivity contribution is -0.139. The Kier molecular flexibility index (Phi) is 6.34. The monoisotopic (exact) mass is 341 g/mol. The molecule has 6 heteroatoms. The Hall–Kier alpha value is -2.47. The van der Waals surface area contributed by atoms with Crippen LogP contribution in [0.5, 0.6) is 5.75 Å². The number of carbonyl (C=O) groups is 1. The Bertz CT molecular complexity index is 651. The quantitative estimate of drug-likeness (QED) is 0.772. The van der Waals surface area contributed by atoms with E-state index in [4.69, 9.17) is 9.47 Å². The zero-order chi connectivity index (χ0) is 17.3. The first kappa shape index (κ1) is 17.4. The highest BCUT2D eigenvalue weighted by atomic mass is 16.5. The number of ether oxygens (including phenoxy) is 2. The Morgan fingerprint density at radius 1 is 1.28 bits per heavy atom. The maximum Gasteiger partial charge on any atom is 0.226 e. The molecule has 0 unspecified atom stereocenters. The van der Waals surface area contributed by atoms with Crippen molar-refractivity contribution in [2.45, 2.75) is 25.4 Å². The number of para-hydroxylation sites is 1. The molecule has 132 valence electrons. The van der Waals surface area contributed by atoms with Gasteiger partial charge in [-0.3, -0.25) is 4.79 Å². The van der Waals surface area contributed by atoms with Crippen molar-refractivity contribution in [2.24, 2.45) is 0 Å². The predicted molar refractivity (Wildman–Crippen MR) is 93.2 cm³/mol. The van der Waals surface area contributed by atoms with E-state index >= 15 is 0 Å². The molecule has 0 aliphatic carbocycles. The van der Waals surface area contributed by atoms with Crippen LogP contribution in [0, 0.1) is 0 Å². The van der Waals surface area contributed by atoms with Gasteiger partial charge in [0.25, 0.3) is 0 Å². The number of aromatic nitrogens is 2. The smallest absolute Gasteiger partial charge is 0.226 e. The van der Waals surface area contributed by atoms with Crippen molar-refractivity contribution in [2.75, 3.05) is 26.3 Å². The van der Waals surface area contributed by atoms with E-state index in [2.05, 4.69) is 9.97 Å². The maximum atomic E-state index is 12.4. The molecule has 2 aromatic rings. The minimum Gasteiger partial charge on any atom is -0.493 e. The highest BCUT2D eigenvalue weighted by Crippen LogP contribution is 2.13. The van der Waals surface area contributed by atoms with Gasteiger partial charge in [-0.05, 0) is 31.0 Å². The molecular weight excluding hydrogens is 318 g/mol. The minimum atomic E-state index is 0.0581. The molecule has 1 fully saturated rings. The van der Waals surface area contributed by atoms with Crippen LogP contribution in [-0.4, -0.2) is 53.2 Å². The van der Waals surface area contributed by atoms with Gasteiger partial charge in [0.05, 0.1) is 25.7 Å². The summed E-state index contributed by atoms with van der Waals surface area (Å²) in [5, 5.41) is 0. The van der Waals surface area contributed by atoms with Gasteiger partial charge >= 0.3 is 0 Å². The Balaban J connectivity index is 1.40. The number of carbonyl (C=O) groups excluding carboxylic acids is 1. The number of hydrogen-bond acceptors (Lipinski definition) is 5. The third kappa shape index (κ3) is 5.53. The molecule has 1 aliphatic heterocycles. The minimum absolute atomic E-state index is 0.0581. The molecule has 25 heavy (non-hydrogen) atoms. The summed E-state index contributed by atoms with van der Waals surface area (Å²) < 4.78 is 11.4. The van der Waals surface area contributed by atoms with E-state index in [0.717, 1.165) is 24.3 Å². The van der Waals surface area contributed by atoms with Gasteiger partial charge < -0.3 is 14.4 Å². The zero-order valence-electron chi connectivity index (χ0n) is 14.2. The number of aryl methyl sites for hydroxylation is 1. The Morgan fingerprint density at radius 3 is 2.96 bits per heavy atom. The van der Waals surface area contributed by atoms with Gasteiger partial charge in [0, 0.05) is 25.0 Å². The van der Waals surface area contributed by atoms with Crippen molar-refractivity contribution in [3.05, 3.63) is 54.6 Å². The standard InChI is InChI=1S/C19H23N3O3/c23-19(9-12-24-17-4-2-1-3-5-17)22-11-13-25-18(14-22)7-6-16-8-10-20-15-21-16/h1-5,8,10,15,18H,6-7,9,11-14H2/t18-/m0/s1. The van der Waals surface area contributed by atoms with Crippen LogP contribution >= 0.6 is 0 Å². The summed E-state index contributed by atoms with van der Waals surface area (Å²) in [4.78, 5) is 22.4. The van der Waals surface area contributed by atoms with Gasteiger partial charge in [-0.25, -0.2) is 9.97 Å². The highest BCUT2D eigenvalue weighted by molar-refractivity contribution is 5.76. The molecule has 1 aromatic heterocycles. The summed E-state index contributed by atoms with van der Waals surface area (Å²) in [5.41, 5.74) is 0.998. The van der Waals surface area contributed by atoms with Crippen molar-refractivity contribution >= 4 is 5.91 Å². The van der Waals surface area contributed by atoms with Crippen molar-refractivity contribution < 1.29 is 14.3 Å². The topological polar surface area (TPSA) is 64.5 Å². The molecule has 0 N–H and O–H groups in total. The van der Waals surface area contributed by atoms with Gasteiger partial charge in [-0.15, -0.1) is 0 Å². The van der Waals surface area contributed by atoms with Crippen LogP contribution in [0.3, 0.4) is 0 Å². The van der Waals surface area contributed by atoms with Crippen molar-refractivity contribution in [3.63, 3.8) is 0 Å². The summed E-state index contributed by atoms with van der Waals surface area (Å²) in [6.45, 7) is 2.26. The average molecular weight is 341 g/mol. The van der Waals surface area contributed by atoms with Crippen LogP contribution in [-0.2, 0) is 16.0 Å². The number of hydrogen-bond donors (Lipinski definition) is 0. The molecule has 2 heterocycles. The first-order chi connectivity index (χ1) is 12.3. The molecule has 0 saturated carbocycles. The van der Waals surface area contributed by atoms with Crippen LogP contribution in [0.15, 0.2) is 48.9 Å². The number of nitrogens with zero attached hydrogens (tertiary/aromatic N) is 3. The molecule has 0 radical (unpaired) electrons. The summed E-state index contributed by atoms with van der Waals surface area (Å²) >= 11 is 0. The third-order valence-electron chi connectivity index (χ3n) is 4.19. The van der Waals surface area contributed by atoms with Crippen molar-refractivity contribution in [1.29, 1.82) is 0 Å². The van der Waals surface area contributed by atoms with Crippen LogP contribution in [0.4, 0.5) is 0 Å². The van der Waals surface area contributed by atoms with Crippen LogP contribution in [0.25, 0.3) is 0 Å². The summed E-state index contributed by atoms with van der Waals surface area (Å²) in [5.74, 6) is 0.909. The van der Waals surface area contributed by atoms with E-state index in [1.807, 2.05) is 41.3 Å². The summed E-state index contributed by atoms with van der Waals surface area (Å²) in [6, 6.07) is 11.5. The number of rotatable bonds is 7. The highest BCUT2D eigenvalue weighted by Gasteiger charge is 2.24. The third-order valence-corrected chi connectivity index (χ3v) is 4.19. The largest absolute Gasteiger partial charge is 0.493 e. The first-order valence-electron chi connectivity index (χ1n) is 8.63. The second-order valence-electron chi connectivity index (χ2n) is 5.98. The number of benzene rings is 1. The van der Waals surface area contributed by atoms with Crippen LogP contribution in [0.2, 0.25) is 0 Å². The SMILES string of the molecule is O=C(CCOc1ccccc1)N1CCO[C@@H](CCc2ccncn2)C1. The lowest BCUT2D eigenvalue weighted by Crippen LogP contribution is -2.46. The molecule has 6 nitrogen and oxygen atoms in total. The molecule has 1 amide bonds. The van der Waals surface area contributed by atoms with Crippen LogP contribution in [0.1, 0.15) is 18.5 Å². The second-order valence-corrected chi connectivity index (χ2v) is 5.98. The Morgan fingerprint density at radius 2 is 2.16 bits per heavy atom. The van der Waals surface area contributed by atoms with Gasteiger partial charge in [-0.1, -0.05) is 18.2 Å². The molecule has 0 spiro atoms. The van der Waals surface area contributed by atoms with E-state index in [9.17, 15) is 4.79 Å². The normalized spacial score (nSPS) is 17.3. The van der Waals surface area contributed by atoms with Gasteiger partial charge in [0.15, 0.2) is 0 Å². The lowest BCUT2D eigenvalue weighted by atomic mass is 10.1. The number of amides is 1. The Labute approximate surface area is 147 Å². The molecule has 3 rings (SSSR count). The molecule has 0 bridgehead atoms. The van der Waals surface area contributed by atoms with Crippen molar-refractivity contribution in [1.82, 2.24) is 14.9 Å². The fourth-order valence-corrected chi connectivity index (χ4v) is 2.83. The van der Waals surface area contributed by atoms with Crippen molar-refractivity contribution in [3.8, 4) is 5.75 Å². The van der Waals surface area contributed by atoms with Gasteiger partial charge in [0.2, 0.25) is 5.91 Å². The summed E-state index contributed by atoms with van der Waals surface area (Å²) in [7, 11) is 0. The van der Waals surface area contributed by atoms with E-state index in [-0.39, 0.29) is 12.0 Å². The maximum absolute atomic E-state index is 12.4. The first-order valence-corrected chi connectivity index (χ1v) is 8.63.